The number of hydrogen-bond acceptors (Lipinski definition) is 5. The maximum atomic E-state index is 12.3. The second-order valence-electron chi connectivity index (χ2n) is 7.61. The minimum atomic E-state index is 0.275. The molecule has 3 heterocycles. The van der Waals surface area contributed by atoms with Crippen LogP contribution in [-0.4, -0.2) is 91.0 Å². The Hall–Kier alpha value is -2.35. The van der Waals surface area contributed by atoms with Crippen LogP contribution in [0, 0.1) is 0 Å². The van der Waals surface area contributed by atoms with Crippen molar-refractivity contribution in [2.24, 2.45) is 4.99 Å². The Balaban J connectivity index is 1.41. The van der Waals surface area contributed by atoms with Crippen LogP contribution in [0.15, 0.2) is 23.3 Å². The van der Waals surface area contributed by atoms with Crippen LogP contribution >= 0.6 is 0 Å². The molecule has 0 radical (unpaired) electrons. The molecule has 0 bridgehead atoms. The number of aliphatic imine (C=N–C) groups is 1. The maximum Gasteiger partial charge on any atom is 0.236 e. The van der Waals surface area contributed by atoms with Gasteiger partial charge < -0.3 is 19.9 Å². The van der Waals surface area contributed by atoms with Crippen molar-refractivity contribution in [2.45, 2.75) is 32.7 Å². The molecule has 0 unspecified atom stereocenters. The highest BCUT2D eigenvalue weighted by Gasteiger charge is 2.24. The third-order valence-corrected chi connectivity index (χ3v) is 5.40. The molecule has 8 nitrogen and oxygen atoms in total. The SMILES string of the molecule is CCCOc1ccc(CNC(=NC)N2CCN(CC(=O)N3CCCC3)CC2)cn1. The number of pyridine rings is 1. The number of likely N-dealkylation sites (tertiary alicyclic amines) is 1. The Kier molecular flexibility index (Phi) is 8.10. The van der Waals surface area contributed by atoms with Crippen LogP contribution < -0.4 is 10.1 Å². The Morgan fingerprint density at radius 2 is 1.90 bits per heavy atom. The van der Waals surface area contributed by atoms with Crippen molar-refractivity contribution in [3.8, 4) is 5.88 Å². The van der Waals surface area contributed by atoms with Crippen LogP contribution in [0.25, 0.3) is 0 Å². The zero-order valence-electron chi connectivity index (χ0n) is 17.8. The summed E-state index contributed by atoms with van der Waals surface area (Å²) in [6.45, 7) is 9.33. The number of nitrogens with zero attached hydrogens (tertiary/aromatic N) is 5. The molecule has 0 aromatic carbocycles. The molecule has 0 atom stereocenters. The lowest BCUT2D eigenvalue weighted by molar-refractivity contribution is -0.131. The average molecular weight is 403 g/mol. The number of guanidine groups is 1. The minimum absolute atomic E-state index is 0.275. The third-order valence-electron chi connectivity index (χ3n) is 5.40. The number of ether oxygens (including phenoxy) is 1. The summed E-state index contributed by atoms with van der Waals surface area (Å²) in [6, 6.07) is 3.94. The molecule has 3 rings (SSSR count). The summed E-state index contributed by atoms with van der Waals surface area (Å²) in [4.78, 5) is 27.6. The van der Waals surface area contributed by atoms with Gasteiger partial charge in [-0.05, 0) is 24.8 Å². The van der Waals surface area contributed by atoms with Gasteiger partial charge in [0.05, 0.1) is 13.2 Å². The number of rotatable bonds is 7. The molecule has 0 spiro atoms. The lowest BCUT2D eigenvalue weighted by atomic mass is 10.3. The molecule has 2 aliphatic rings. The predicted octanol–water partition coefficient (Wildman–Crippen LogP) is 1.19. The zero-order valence-corrected chi connectivity index (χ0v) is 17.8. The molecule has 2 fully saturated rings. The maximum absolute atomic E-state index is 12.3. The number of hydrogen-bond donors (Lipinski definition) is 1. The summed E-state index contributed by atoms with van der Waals surface area (Å²) in [6.07, 6.45) is 5.10. The normalized spacial score (nSPS) is 18.2. The van der Waals surface area contributed by atoms with Gasteiger partial charge >= 0.3 is 0 Å². The number of carbonyl (C=O) groups excluding carboxylic acids is 1. The Labute approximate surface area is 173 Å². The molecule has 0 aliphatic carbocycles. The van der Waals surface area contributed by atoms with E-state index in [-0.39, 0.29) is 5.91 Å². The van der Waals surface area contributed by atoms with Crippen molar-refractivity contribution in [3.63, 3.8) is 0 Å². The predicted molar refractivity (Wildman–Crippen MR) is 114 cm³/mol. The molecule has 1 aromatic heterocycles. The lowest BCUT2D eigenvalue weighted by Gasteiger charge is -2.36. The van der Waals surface area contributed by atoms with Gasteiger partial charge in [0, 0.05) is 65.1 Å². The Morgan fingerprint density at radius 1 is 1.14 bits per heavy atom. The van der Waals surface area contributed by atoms with Crippen LogP contribution in [0.2, 0.25) is 0 Å². The minimum Gasteiger partial charge on any atom is -0.478 e. The first-order valence-corrected chi connectivity index (χ1v) is 10.7. The van der Waals surface area contributed by atoms with Gasteiger partial charge in [-0.25, -0.2) is 4.98 Å². The van der Waals surface area contributed by atoms with Crippen molar-refractivity contribution < 1.29 is 9.53 Å². The molecule has 2 aliphatic heterocycles. The van der Waals surface area contributed by atoms with Crippen LogP contribution in [0.1, 0.15) is 31.7 Å². The van der Waals surface area contributed by atoms with Crippen LogP contribution in [0.4, 0.5) is 0 Å². The van der Waals surface area contributed by atoms with Gasteiger partial charge in [-0.2, -0.15) is 0 Å². The van der Waals surface area contributed by atoms with E-state index in [9.17, 15) is 4.79 Å². The quantitative estimate of drug-likeness (QED) is 0.546. The molecule has 1 amide bonds. The fourth-order valence-corrected chi connectivity index (χ4v) is 3.70. The van der Waals surface area contributed by atoms with Crippen LogP contribution in [0.3, 0.4) is 0 Å². The number of piperazine rings is 1. The van der Waals surface area contributed by atoms with Gasteiger partial charge in [-0.1, -0.05) is 13.0 Å². The molecule has 0 saturated carbocycles. The van der Waals surface area contributed by atoms with E-state index in [1.807, 2.05) is 30.3 Å². The second-order valence-corrected chi connectivity index (χ2v) is 7.61. The number of aromatic nitrogens is 1. The summed E-state index contributed by atoms with van der Waals surface area (Å²) >= 11 is 0. The topological polar surface area (TPSA) is 73.3 Å². The average Bonchev–Trinajstić information content (AvgIpc) is 3.30. The third kappa shape index (κ3) is 6.32. The summed E-state index contributed by atoms with van der Waals surface area (Å²) in [5.74, 6) is 1.83. The highest BCUT2D eigenvalue weighted by molar-refractivity contribution is 5.80. The van der Waals surface area contributed by atoms with Crippen LogP contribution in [0.5, 0.6) is 5.88 Å². The monoisotopic (exact) mass is 402 g/mol. The highest BCUT2D eigenvalue weighted by atomic mass is 16.5. The van der Waals surface area contributed by atoms with E-state index in [0.717, 1.165) is 70.1 Å². The van der Waals surface area contributed by atoms with Crippen molar-refractivity contribution in [1.29, 1.82) is 0 Å². The molecule has 1 aromatic rings. The van der Waals surface area contributed by atoms with Crippen molar-refractivity contribution in [3.05, 3.63) is 23.9 Å². The van der Waals surface area contributed by atoms with E-state index in [1.54, 1.807) is 0 Å². The number of nitrogens with one attached hydrogen (secondary N) is 1. The van der Waals surface area contributed by atoms with Crippen molar-refractivity contribution in [2.75, 3.05) is 59.5 Å². The summed E-state index contributed by atoms with van der Waals surface area (Å²) < 4.78 is 5.53. The molecule has 1 N–H and O–H groups in total. The highest BCUT2D eigenvalue weighted by Crippen LogP contribution is 2.10. The summed E-state index contributed by atoms with van der Waals surface area (Å²) in [5, 5.41) is 3.42. The van der Waals surface area contributed by atoms with E-state index < -0.39 is 0 Å². The van der Waals surface area contributed by atoms with E-state index in [2.05, 4.69) is 32.0 Å². The van der Waals surface area contributed by atoms with Crippen molar-refractivity contribution in [1.82, 2.24) is 25.0 Å². The first-order valence-electron chi connectivity index (χ1n) is 10.7. The van der Waals surface area contributed by atoms with Crippen molar-refractivity contribution >= 4 is 11.9 Å². The van der Waals surface area contributed by atoms with Gasteiger partial charge in [0.15, 0.2) is 5.96 Å². The fourth-order valence-electron chi connectivity index (χ4n) is 3.70. The summed E-state index contributed by atoms with van der Waals surface area (Å²) in [5.41, 5.74) is 1.09. The van der Waals surface area contributed by atoms with Gasteiger partial charge in [-0.15, -0.1) is 0 Å². The largest absolute Gasteiger partial charge is 0.478 e. The van der Waals surface area contributed by atoms with E-state index in [1.165, 1.54) is 0 Å². The first-order chi connectivity index (χ1) is 14.2. The standard InChI is InChI=1S/C21H34N6O2/c1-3-14-29-19-7-6-18(15-23-19)16-24-21(22-2)27-12-10-25(11-13-27)17-20(28)26-8-4-5-9-26/h6-7,15H,3-5,8-14,16-17H2,1-2H3,(H,22,24). The lowest BCUT2D eigenvalue weighted by Crippen LogP contribution is -2.54. The molecular weight excluding hydrogens is 368 g/mol. The fraction of sp³-hybridized carbons (Fsp3) is 0.667. The van der Waals surface area contributed by atoms with Gasteiger partial charge in [0.25, 0.3) is 0 Å². The second kappa shape index (κ2) is 11.0. The number of amides is 1. The Morgan fingerprint density at radius 3 is 2.52 bits per heavy atom. The molecular formula is C21H34N6O2. The summed E-state index contributed by atoms with van der Waals surface area (Å²) in [7, 11) is 1.81. The molecule has 29 heavy (non-hydrogen) atoms. The zero-order chi connectivity index (χ0) is 20.5. The smallest absolute Gasteiger partial charge is 0.236 e. The Bertz CT molecular complexity index is 664. The van der Waals surface area contributed by atoms with Gasteiger partial charge in [0.2, 0.25) is 11.8 Å². The van der Waals surface area contributed by atoms with E-state index in [4.69, 9.17) is 4.74 Å². The number of carbonyl (C=O) groups is 1. The van der Waals surface area contributed by atoms with E-state index in [0.29, 0.717) is 25.6 Å². The molecule has 160 valence electrons. The van der Waals surface area contributed by atoms with Gasteiger partial charge in [0.1, 0.15) is 0 Å². The van der Waals surface area contributed by atoms with E-state index >= 15 is 0 Å². The molecule has 8 heteroatoms. The molecule has 2 saturated heterocycles. The first kappa shape index (κ1) is 21.4. The van der Waals surface area contributed by atoms with Crippen LogP contribution in [-0.2, 0) is 11.3 Å². The van der Waals surface area contributed by atoms with Gasteiger partial charge in [-0.3, -0.25) is 14.7 Å².